The zero-order valence-corrected chi connectivity index (χ0v) is 19.6. The molecule has 31 heavy (non-hydrogen) atoms. The van der Waals surface area contributed by atoms with E-state index >= 15 is 0 Å². The molecule has 0 aliphatic carbocycles. The molecule has 0 saturated heterocycles. The first kappa shape index (κ1) is 24.3. The second-order valence-corrected chi connectivity index (χ2v) is 8.07. The number of ether oxygens (including phenoxy) is 1. The molecule has 0 spiro atoms. The number of nitrogens with zero attached hydrogens (tertiary/aromatic N) is 1. The van der Waals surface area contributed by atoms with Crippen LogP contribution in [0.3, 0.4) is 0 Å². The number of hydrogen-bond acceptors (Lipinski definition) is 6. The number of carboxylic acid groups (broad SMARTS) is 1. The van der Waals surface area contributed by atoms with Crippen molar-refractivity contribution in [2.24, 2.45) is 0 Å². The molecule has 8 nitrogen and oxygen atoms in total. The maximum Gasteiger partial charge on any atom is 0.341 e. The summed E-state index contributed by atoms with van der Waals surface area (Å²) in [7, 11) is 1.27. The van der Waals surface area contributed by atoms with Gasteiger partial charge in [0.05, 0.1) is 23.1 Å². The van der Waals surface area contributed by atoms with Crippen LogP contribution in [0.25, 0.3) is 0 Å². The third-order valence-corrected chi connectivity index (χ3v) is 6.14. The zero-order chi connectivity index (χ0) is 23.3. The molecule has 1 aromatic carbocycles. The average molecular weight is 464 g/mol. The Labute approximate surface area is 190 Å². The van der Waals surface area contributed by atoms with E-state index in [0.29, 0.717) is 34.2 Å². The lowest BCUT2D eigenvalue weighted by Crippen LogP contribution is -2.30. The Bertz CT molecular complexity index is 1030. The second-order valence-electron chi connectivity index (χ2n) is 6.64. The number of rotatable bonds is 7. The Morgan fingerprint density at radius 3 is 2.35 bits per heavy atom. The third-order valence-electron chi connectivity index (χ3n) is 4.74. The van der Waals surface area contributed by atoms with Gasteiger partial charge in [0.2, 0.25) is 0 Å². The van der Waals surface area contributed by atoms with Gasteiger partial charge in [0.1, 0.15) is 5.00 Å². The molecular weight excluding hydrogens is 438 g/mol. The molecule has 0 unspecified atom stereocenters. The first-order valence-electron chi connectivity index (χ1n) is 9.57. The number of carbonyl (C=O) groups excluding carboxylic acids is 2. The van der Waals surface area contributed by atoms with Crippen LogP contribution < -0.4 is 10.6 Å². The third kappa shape index (κ3) is 5.39. The highest BCUT2D eigenvalue weighted by Crippen LogP contribution is 2.34. The summed E-state index contributed by atoms with van der Waals surface area (Å²) in [5.41, 5.74) is 2.18. The van der Waals surface area contributed by atoms with Crippen molar-refractivity contribution in [2.45, 2.75) is 27.7 Å². The van der Waals surface area contributed by atoms with Crippen molar-refractivity contribution in [1.82, 2.24) is 4.90 Å². The first-order valence-corrected chi connectivity index (χ1v) is 10.8. The normalized spacial score (nSPS) is 10.4. The highest BCUT2D eigenvalue weighted by molar-refractivity contribution is 7.80. The van der Waals surface area contributed by atoms with Crippen LogP contribution in [-0.4, -0.2) is 53.2 Å². The molecule has 0 atom stereocenters. The number of aromatic carboxylic acids is 1. The van der Waals surface area contributed by atoms with E-state index in [0.717, 1.165) is 16.9 Å². The minimum absolute atomic E-state index is 0.116. The Morgan fingerprint density at radius 1 is 1.16 bits per heavy atom. The number of thiophene rings is 1. The predicted molar refractivity (Wildman–Crippen MR) is 126 cm³/mol. The van der Waals surface area contributed by atoms with E-state index < -0.39 is 11.9 Å². The second kappa shape index (κ2) is 10.4. The first-order chi connectivity index (χ1) is 14.6. The van der Waals surface area contributed by atoms with E-state index in [9.17, 15) is 19.5 Å². The number of benzene rings is 1. The van der Waals surface area contributed by atoms with E-state index in [1.165, 1.54) is 19.2 Å². The summed E-state index contributed by atoms with van der Waals surface area (Å²) in [4.78, 5) is 38.6. The van der Waals surface area contributed by atoms with Gasteiger partial charge < -0.3 is 25.4 Å². The summed E-state index contributed by atoms with van der Waals surface area (Å²) in [5, 5.41) is 15.7. The summed E-state index contributed by atoms with van der Waals surface area (Å²) in [6, 6.07) is 4.65. The molecule has 0 bridgehead atoms. The molecule has 0 aliphatic rings. The lowest BCUT2D eigenvalue weighted by atomic mass is 10.1. The fourth-order valence-electron chi connectivity index (χ4n) is 2.95. The molecule has 1 aromatic heterocycles. The monoisotopic (exact) mass is 463 g/mol. The molecule has 1 heterocycles. The van der Waals surface area contributed by atoms with Crippen molar-refractivity contribution >= 4 is 57.2 Å². The molecule has 2 rings (SSSR count). The Hall–Kier alpha value is -2.98. The van der Waals surface area contributed by atoms with Crippen LogP contribution in [0.4, 0.5) is 10.7 Å². The largest absolute Gasteiger partial charge is 0.478 e. The quantitative estimate of drug-likeness (QED) is 0.415. The van der Waals surface area contributed by atoms with Gasteiger partial charge in [0.15, 0.2) is 5.11 Å². The number of carbonyl (C=O) groups is 3. The molecule has 0 saturated carbocycles. The fraction of sp³-hybridized carbons (Fsp3) is 0.333. The number of nitrogens with one attached hydrogen (secondary N) is 2. The number of aryl methyl sites for hydroxylation is 1. The van der Waals surface area contributed by atoms with E-state index in [-0.39, 0.29) is 22.1 Å². The lowest BCUT2D eigenvalue weighted by molar-refractivity contribution is 0.0600. The van der Waals surface area contributed by atoms with Gasteiger partial charge in [-0.3, -0.25) is 4.79 Å². The van der Waals surface area contributed by atoms with Crippen molar-refractivity contribution in [2.75, 3.05) is 30.8 Å². The lowest BCUT2D eigenvalue weighted by Gasteiger charge is -2.18. The van der Waals surface area contributed by atoms with Crippen molar-refractivity contribution in [3.8, 4) is 0 Å². The van der Waals surface area contributed by atoms with Gasteiger partial charge >= 0.3 is 11.9 Å². The highest BCUT2D eigenvalue weighted by atomic mass is 32.1. The maximum absolute atomic E-state index is 12.9. The van der Waals surface area contributed by atoms with Crippen LogP contribution >= 0.6 is 23.6 Å². The smallest absolute Gasteiger partial charge is 0.341 e. The molecule has 1 amide bonds. The van der Waals surface area contributed by atoms with Crippen molar-refractivity contribution < 1.29 is 24.2 Å². The Balaban J connectivity index is 2.37. The van der Waals surface area contributed by atoms with Crippen LogP contribution in [0, 0.1) is 13.8 Å². The van der Waals surface area contributed by atoms with E-state index in [2.05, 4.69) is 10.6 Å². The van der Waals surface area contributed by atoms with Gasteiger partial charge in [0, 0.05) is 18.8 Å². The molecule has 3 N–H and O–H groups in total. The SMILES string of the molecule is CCN(CC)C(=O)c1sc(NC(=S)Nc2cc(C(=O)O)ccc2C)c(C(=O)OC)c1C. The summed E-state index contributed by atoms with van der Waals surface area (Å²) in [6.07, 6.45) is 0. The minimum Gasteiger partial charge on any atom is -0.478 e. The molecule has 166 valence electrons. The molecule has 0 radical (unpaired) electrons. The van der Waals surface area contributed by atoms with Crippen LogP contribution in [0.15, 0.2) is 18.2 Å². The number of thiocarbonyl (C=S) groups is 1. The number of esters is 1. The van der Waals surface area contributed by atoms with Crippen molar-refractivity contribution in [1.29, 1.82) is 0 Å². The van der Waals surface area contributed by atoms with Gasteiger partial charge in [0.25, 0.3) is 5.91 Å². The van der Waals surface area contributed by atoms with Crippen molar-refractivity contribution in [3.05, 3.63) is 45.3 Å². The highest BCUT2D eigenvalue weighted by Gasteiger charge is 2.27. The number of hydrogen-bond donors (Lipinski definition) is 3. The van der Waals surface area contributed by atoms with E-state index in [1.807, 2.05) is 20.8 Å². The maximum atomic E-state index is 12.9. The fourth-order valence-corrected chi connectivity index (χ4v) is 4.40. The molecular formula is C21H25N3O5S2. The van der Waals surface area contributed by atoms with Gasteiger partial charge in [-0.05, 0) is 63.2 Å². The standard InChI is InChI=1S/C21H25N3O5S2/c1-6-24(7-2)18(25)16-12(4)15(20(28)29-5)17(31-16)23-21(30)22-14-10-13(19(26)27)9-8-11(14)3/h8-10H,6-7H2,1-5H3,(H,26,27)(H2,22,23,30). The summed E-state index contributed by atoms with van der Waals surface area (Å²) in [5.74, 6) is -1.81. The number of methoxy groups -OCH3 is 1. The summed E-state index contributed by atoms with van der Waals surface area (Å²) >= 11 is 6.50. The van der Waals surface area contributed by atoms with Gasteiger partial charge in [-0.25, -0.2) is 9.59 Å². The van der Waals surface area contributed by atoms with E-state index in [4.69, 9.17) is 17.0 Å². The van der Waals surface area contributed by atoms with Crippen molar-refractivity contribution in [3.63, 3.8) is 0 Å². The number of carboxylic acids is 1. The topological polar surface area (TPSA) is 108 Å². The summed E-state index contributed by atoms with van der Waals surface area (Å²) < 4.78 is 4.90. The Kier molecular flexibility index (Phi) is 8.12. The predicted octanol–water partition coefficient (Wildman–Crippen LogP) is 4.14. The molecule has 2 aromatic rings. The number of anilines is 2. The van der Waals surface area contributed by atoms with Crippen LogP contribution in [0.5, 0.6) is 0 Å². The molecule has 0 aliphatic heterocycles. The van der Waals surface area contributed by atoms with Gasteiger partial charge in [-0.1, -0.05) is 6.07 Å². The number of amides is 1. The minimum atomic E-state index is -1.05. The van der Waals surface area contributed by atoms with Crippen LogP contribution in [0.2, 0.25) is 0 Å². The van der Waals surface area contributed by atoms with Crippen LogP contribution in [-0.2, 0) is 4.74 Å². The zero-order valence-electron chi connectivity index (χ0n) is 18.0. The van der Waals surface area contributed by atoms with Gasteiger partial charge in [-0.2, -0.15) is 0 Å². The average Bonchev–Trinajstić information content (AvgIpc) is 3.05. The van der Waals surface area contributed by atoms with E-state index in [1.54, 1.807) is 17.9 Å². The molecule has 10 heteroatoms. The Morgan fingerprint density at radius 2 is 1.81 bits per heavy atom. The molecule has 0 fully saturated rings. The van der Waals surface area contributed by atoms with Gasteiger partial charge in [-0.15, -0.1) is 11.3 Å². The summed E-state index contributed by atoms with van der Waals surface area (Å²) in [6.45, 7) is 8.37. The van der Waals surface area contributed by atoms with Crippen LogP contribution in [0.1, 0.15) is 55.4 Å².